The molecule has 7 heteroatoms. The molecule has 4 heterocycles. The molecule has 1 aromatic heterocycles. The Hall–Kier alpha value is -2.48. The highest BCUT2D eigenvalue weighted by molar-refractivity contribution is 5.93. The van der Waals surface area contributed by atoms with Crippen LogP contribution in [0.15, 0.2) is 42.6 Å². The molecule has 5 rings (SSSR count). The zero-order valence-electron chi connectivity index (χ0n) is 22.3. The molecule has 200 valence electrons. The molecule has 3 aliphatic heterocycles. The molecule has 1 aromatic carbocycles. The van der Waals surface area contributed by atoms with Crippen molar-refractivity contribution in [3.05, 3.63) is 53.7 Å². The molecule has 1 amide bonds. The summed E-state index contributed by atoms with van der Waals surface area (Å²) in [5, 5.41) is 0. The summed E-state index contributed by atoms with van der Waals surface area (Å²) in [7, 11) is 0. The van der Waals surface area contributed by atoms with Gasteiger partial charge >= 0.3 is 0 Å². The summed E-state index contributed by atoms with van der Waals surface area (Å²) >= 11 is 0. The van der Waals surface area contributed by atoms with E-state index in [9.17, 15) is 4.79 Å². The van der Waals surface area contributed by atoms with Crippen molar-refractivity contribution in [2.75, 3.05) is 69.0 Å². The van der Waals surface area contributed by atoms with Gasteiger partial charge in [-0.2, -0.15) is 0 Å². The van der Waals surface area contributed by atoms with E-state index in [1.54, 1.807) is 0 Å². The third-order valence-electron chi connectivity index (χ3n) is 8.16. The van der Waals surface area contributed by atoms with Crippen molar-refractivity contribution in [1.29, 1.82) is 0 Å². The second-order valence-corrected chi connectivity index (χ2v) is 10.9. The van der Waals surface area contributed by atoms with Crippen molar-refractivity contribution in [3.8, 4) is 0 Å². The summed E-state index contributed by atoms with van der Waals surface area (Å²) in [5.41, 5.74) is 3.61. The van der Waals surface area contributed by atoms with E-state index in [1.807, 2.05) is 11.1 Å². The molecular formula is C30H42N4O3. The Balaban J connectivity index is 1.22. The monoisotopic (exact) mass is 506 g/mol. The number of aryl methyl sites for hydroxylation is 1. The lowest BCUT2D eigenvalue weighted by Crippen LogP contribution is -2.41. The number of likely N-dealkylation sites (tertiary alicyclic amines) is 1. The quantitative estimate of drug-likeness (QED) is 0.533. The van der Waals surface area contributed by atoms with Gasteiger partial charge in [-0.3, -0.25) is 9.69 Å². The van der Waals surface area contributed by atoms with Crippen LogP contribution in [-0.2, 0) is 20.8 Å². The average Bonchev–Trinajstić information content (AvgIpc) is 2.95. The number of amides is 1. The minimum absolute atomic E-state index is 0.231. The topological polar surface area (TPSA) is 58.1 Å². The SMILES string of the molecule is Cc1ccc(CN2CCC(CN(C(=O)CC3CCOCC3)c3ccc(N4CCOCC4)nc3)CC2)cc1. The molecule has 0 saturated carbocycles. The summed E-state index contributed by atoms with van der Waals surface area (Å²) in [6.45, 7) is 10.8. The van der Waals surface area contributed by atoms with E-state index in [0.717, 1.165) is 103 Å². The van der Waals surface area contributed by atoms with Crippen molar-refractivity contribution < 1.29 is 14.3 Å². The zero-order chi connectivity index (χ0) is 25.5. The molecular weight excluding hydrogens is 464 g/mol. The predicted octanol–water partition coefficient (Wildman–Crippen LogP) is 4.29. The number of carbonyl (C=O) groups is 1. The Labute approximate surface area is 221 Å². The van der Waals surface area contributed by atoms with E-state index in [4.69, 9.17) is 14.5 Å². The summed E-state index contributed by atoms with van der Waals surface area (Å²) < 4.78 is 11.0. The number of anilines is 2. The van der Waals surface area contributed by atoms with E-state index in [2.05, 4.69) is 53.1 Å². The molecule has 0 aliphatic carbocycles. The lowest BCUT2D eigenvalue weighted by Gasteiger charge is -2.35. The van der Waals surface area contributed by atoms with Crippen LogP contribution in [0.5, 0.6) is 0 Å². The van der Waals surface area contributed by atoms with Gasteiger partial charge in [0.25, 0.3) is 0 Å². The summed E-state index contributed by atoms with van der Waals surface area (Å²) in [5.74, 6) is 2.12. The van der Waals surface area contributed by atoms with Crippen molar-refractivity contribution in [2.45, 2.75) is 45.6 Å². The van der Waals surface area contributed by atoms with Crippen LogP contribution in [0.2, 0.25) is 0 Å². The van der Waals surface area contributed by atoms with Gasteiger partial charge in [-0.1, -0.05) is 29.8 Å². The number of benzene rings is 1. The molecule has 2 aromatic rings. The highest BCUT2D eigenvalue weighted by Gasteiger charge is 2.27. The van der Waals surface area contributed by atoms with Gasteiger partial charge in [0.1, 0.15) is 5.82 Å². The van der Waals surface area contributed by atoms with Gasteiger partial charge in [-0.15, -0.1) is 0 Å². The number of aromatic nitrogens is 1. The number of carbonyl (C=O) groups excluding carboxylic acids is 1. The Morgan fingerprint density at radius 1 is 0.892 bits per heavy atom. The van der Waals surface area contributed by atoms with E-state index in [1.165, 1.54) is 11.1 Å². The molecule has 7 nitrogen and oxygen atoms in total. The van der Waals surface area contributed by atoms with Crippen molar-refractivity contribution in [3.63, 3.8) is 0 Å². The normalized spacial score (nSPS) is 20.2. The van der Waals surface area contributed by atoms with Gasteiger partial charge < -0.3 is 19.3 Å². The first-order chi connectivity index (χ1) is 18.1. The third kappa shape index (κ3) is 7.30. The fourth-order valence-electron chi connectivity index (χ4n) is 5.71. The molecule has 3 fully saturated rings. The molecule has 0 spiro atoms. The Morgan fingerprint density at radius 2 is 1.59 bits per heavy atom. The molecule has 0 radical (unpaired) electrons. The predicted molar refractivity (Wildman–Crippen MR) is 147 cm³/mol. The fraction of sp³-hybridized carbons (Fsp3) is 0.600. The maximum Gasteiger partial charge on any atom is 0.227 e. The lowest BCUT2D eigenvalue weighted by atomic mass is 9.93. The lowest BCUT2D eigenvalue weighted by molar-refractivity contribution is -0.120. The maximum atomic E-state index is 13.6. The minimum atomic E-state index is 0.231. The smallest absolute Gasteiger partial charge is 0.227 e. The fourth-order valence-corrected chi connectivity index (χ4v) is 5.71. The Kier molecular flexibility index (Phi) is 9.08. The molecule has 0 unspecified atom stereocenters. The first-order valence-electron chi connectivity index (χ1n) is 14.1. The molecule has 37 heavy (non-hydrogen) atoms. The van der Waals surface area contributed by atoms with Crippen LogP contribution in [0, 0.1) is 18.8 Å². The highest BCUT2D eigenvalue weighted by atomic mass is 16.5. The van der Waals surface area contributed by atoms with Crippen LogP contribution in [0.3, 0.4) is 0 Å². The van der Waals surface area contributed by atoms with Gasteiger partial charge in [0.2, 0.25) is 5.91 Å². The standard InChI is InChI=1S/C30H42N4O3/c1-24-2-4-26(5-3-24)22-32-12-8-27(9-13-32)23-34(30(35)20-25-10-16-36-17-11-25)28-6-7-29(31-21-28)33-14-18-37-19-15-33/h2-7,21,25,27H,8-20,22-23H2,1H3. The first-order valence-corrected chi connectivity index (χ1v) is 14.1. The van der Waals surface area contributed by atoms with Crippen LogP contribution < -0.4 is 9.80 Å². The van der Waals surface area contributed by atoms with Crippen LogP contribution in [0.25, 0.3) is 0 Å². The van der Waals surface area contributed by atoms with Crippen LogP contribution in [-0.4, -0.2) is 74.9 Å². The molecule has 0 N–H and O–H groups in total. The van der Waals surface area contributed by atoms with Crippen molar-refractivity contribution in [1.82, 2.24) is 9.88 Å². The van der Waals surface area contributed by atoms with Crippen molar-refractivity contribution >= 4 is 17.4 Å². The molecule has 0 bridgehead atoms. The summed E-state index contributed by atoms with van der Waals surface area (Å²) in [6.07, 6.45) is 6.69. The number of nitrogens with zero attached hydrogens (tertiary/aromatic N) is 4. The second kappa shape index (κ2) is 12.9. The number of pyridine rings is 1. The Morgan fingerprint density at radius 3 is 2.27 bits per heavy atom. The average molecular weight is 507 g/mol. The number of rotatable bonds is 8. The van der Waals surface area contributed by atoms with E-state index >= 15 is 0 Å². The Bertz CT molecular complexity index is 977. The number of hydrogen-bond acceptors (Lipinski definition) is 6. The molecule has 3 aliphatic rings. The van der Waals surface area contributed by atoms with E-state index in [-0.39, 0.29) is 5.91 Å². The summed E-state index contributed by atoms with van der Waals surface area (Å²) in [6, 6.07) is 13.0. The number of ether oxygens (including phenoxy) is 2. The number of piperidine rings is 1. The zero-order valence-corrected chi connectivity index (χ0v) is 22.3. The van der Waals surface area contributed by atoms with Gasteiger partial charge in [0.05, 0.1) is 25.1 Å². The minimum Gasteiger partial charge on any atom is -0.381 e. The van der Waals surface area contributed by atoms with E-state index < -0.39 is 0 Å². The summed E-state index contributed by atoms with van der Waals surface area (Å²) in [4.78, 5) is 25.2. The van der Waals surface area contributed by atoms with Crippen LogP contribution in [0.1, 0.15) is 43.2 Å². The highest BCUT2D eigenvalue weighted by Crippen LogP contribution is 2.27. The van der Waals surface area contributed by atoms with Gasteiger partial charge in [-0.25, -0.2) is 4.98 Å². The van der Waals surface area contributed by atoms with Crippen LogP contribution in [0.4, 0.5) is 11.5 Å². The third-order valence-corrected chi connectivity index (χ3v) is 8.16. The van der Waals surface area contributed by atoms with Gasteiger partial charge in [0.15, 0.2) is 0 Å². The molecule has 3 saturated heterocycles. The van der Waals surface area contributed by atoms with Crippen molar-refractivity contribution in [2.24, 2.45) is 11.8 Å². The van der Waals surface area contributed by atoms with Crippen LogP contribution >= 0.6 is 0 Å². The molecule has 0 atom stereocenters. The second-order valence-electron chi connectivity index (χ2n) is 10.9. The maximum absolute atomic E-state index is 13.6. The van der Waals surface area contributed by atoms with E-state index in [0.29, 0.717) is 18.3 Å². The van der Waals surface area contributed by atoms with Gasteiger partial charge in [0, 0.05) is 45.8 Å². The van der Waals surface area contributed by atoms with Gasteiger partial charge in [-0.05, 0) is 75.2 Å². The number of hydrogen-bond donors (Lipinski definition) is 0. The largest absolute Gasteiger partial charge is 0.381 e. The number of morpholine rings is 1. The first kappa shape index (κ1) is 26.1.